The molecule has 2 aromatic rings. The summed E-state index contributed by atoms with van der Waals surface area (Å²) in [7, 11) is 0. The molecule has 0 aromatic heterocycles. The zero-order valence-electron chi connectivity index (χ0n) is 11.1. The molecular weight excluding hydrogens is 305 g/mol. The Bertz CT molecular complexity index is 548. The molecule has 0 saturated heterocycles. The topological polar surface area (TPSA) is 12.0 Å². The first kappa shape index (κ1) is 14.2. The van der Waals surface area contributed by atoms with Gasteiger partial charge in [0.05, 0.1) is 6.04 Å². The van der Waals surface area contributed by atoms with Gasteiger partial charge in [0.15, 0.2) is 0 Å². The third-order valence-corrected chi connectivity index (χ3v) is 3.48. The Hall–Kier alpha value is -1.19. The van der Waals surface area contributed by atoms with Gasteiger partial charge in [-0.3, -0.25) is 0 Å². The number of halogens is 2. The van der Waals surface area contributed by atoms with Crippen LogP contribution in [0, 0.1) is 12.7 Å². The van der Waals surface area contributed by atoms with Gasteiger partial charge in [0, 0.05) is 10.0 Å². The molecule has 0 spiro atoms. The fraction of sp³-hybridized carbons (Fsp3) is 0.250. The largest absolute Gasteiger partial charge is 0.306 e. The van der Waals surface area contributed by atoms with E-state index in [0.717, 1.165) is 22.1 Å². The summed E-state index contributed by atoms with van der Waals surface area (Å²) in [5.41, 5.74) is 2.91. The van der Waals surface area contributed by atoms with Gasteiger partial charge in [0.25, 0.3) is 0 Å². The normalized spacial score (nSPS) is 12.4. The van der Waals surface area contributed by atoms with Crippen LogP contribution in [-0.2, 0) is 0 Å². The molecule has 0 aliphatic rings. The SMILES string of the molecule is CCNC(c1cc(C)cc(Br)c1)c1ccccc1F. The summed E-state index contributed by atoms with van der Waals surface area (Å²) in [5, 5.41) is 3.35. The van der Waals surface area contributed by atoms with Gasteiger partial charge in [-0.05, 0) is 42.8 Å². The number of benzene rings is 2. The second-order valence-corrected chi connectivity index (χ2v) is 5.49. The average Bonchev–Trinajstić information content (AvgIpc) is 2.36. The van der Waals surface area contributed by atoms with Gasteiger partial charge >= 0.3 is 0 Å². The molecule has 0 saturated carbocycles. The standard InChI is InChI=1S/C16H17BrFN/c1-3-19-16(14-6-4-5-7-15(14)18)12-8-11(2)9-13(17)10-12/h4-10,16,19H,3H2,1-2H3. The number of hydrogen-bond acceptors (Lipinski definition) is 1. The lowest BCUT2D eigenvalue weighted by Crippen LogP contribution is -2.23. The molecule has 1 nitrogen and oxygen atoms in total. The van der Waals surface area contributed by atoms with Crippen LogP contribution in [0.2, 0.25) is 0 Å². The van der Waals surface area contributed by atoms with E-state index in [1.165, 1.54) is 6.07 Å². The lowest BCUT2D eigenvalue weighted by atomic mass is 9.97. The fourth-order valence-electron chi connectivity index (χ4n) is 2.25. The zero-order chi connectivity index (χ0) is 13.8. The van der Waals surface area contributed by atoms with Crippen molar-refractivity contribution >= 4 is 15.9 Å². The van der Waals surface area contributed by atoms with E-state index in [2.05, 4.69) is 27.3 Å². The molecular formula is C16H17BrFN. The minimum absolute atomic E-state index is 0.123. The summed E-state index contributed by atoms with van der Waals surface area (Å²) < 4.78 is 15.0. The molecule has 0 radical (unpaired) electrons. The monoisotopic (exact) mass is 321 g/mol. The molecule has 2 aromatic carbocycles. The van der Waals surface area contributed by atoms with Crippen LogP contribution < -0.4 is 5.32 Å². The third kappa shape index (κ3) is 3.43. The van der Waals surface area contributed by atoms with Gasteiger partial charge in [-0.1, -0.05) is 47.1 Å². The lowest BCUT2D eigenvalue weighted by Gasteiger charge is -2.20. The summed E-state index contributed by atoms with van der Waals surface area (Å²) in [4.78, 5) is 0. The smallest absolute Gasteiger partial charge is 0.128 e. The first-order chi connectivity index (χ1) is 9.11. The van der Waals surface area contributed by atoms with E-state index < -0.39 is 0 Å². The van der Waals surface area contributed by atoms with E-state index in [1.54, 1.807) is 6.07 Å². The predicted octanol–water partition coefficient (Wildman–Crippen LogP) is 4.60. The summed E-state index contributed by atoms with van der Waals surface area (Å²) in [6, 6.07) is 13.0. The fourth-order valence-corrected chi connectivity index (χ4v) is 2.88. The van der Waals surface area contributed by atoms with Crippen LogP contribution in [0.25, 0.3) is 0 Å². The highest BCUT2D eigenvalue weighted by molar-refractivity contribution is 9.10. The summed E-state index contributed by atoms with van der Waals surface area (Å²) in [6.07, 6.45) is 0. The van der Waals surface area contributed by atoms with Crippen LogP contribution in [0.15, 0.2) is 46.9 Å². The van der Waals surface area contributed by atoms with Gasteiger partial charge in [-0.15, -0.1) is 0 Å². The van der Waals surface area contributed by atoms with Gasteiger partial charge < -0.3 is 5.32 Å². The van der Waals surface area contributed by atoms with E-state index in [9.17, 15) is 4.39 Å². The van der Waals surface area contributed by atoms with Gasteiger partial charge in [0.1, 0.15) is 5.82 Å². The van der Waals surface area contributed by atoms with Crippen molar-refractivity contribution < 1.29 is 4.39 Å². The van der Waals surface area contributed by atoms with Crippen molar-refractivity contribution in [3.8, 4) is 0 Å². The number of aryl methyl sites for hydroxylation is 1. The van der Waals surface area contributed by atoms with Crippen LogP contribution in [0.4, 0.5) is 4.39 Å². The van der Waals surface area contributed by atoms with Crippen molar-refractivity contribution in [2.24, 2.45) is 0 Å². The van der Waals surface area contributed by atoms with Crippen LogP contribution in [0.3, 0.4) is 0 Å². The average molecular weight is 322 g/mol. The first-order valence-corrected chi connectivity index (χ1v) is 7.16. The zero-order valence-corrected chi connectivity index (χ0v) is 12.7. The highest BCUT2D eigenvalue weighted by atomic mass is 79.9. The maximum absolute atomic E-state index is 14.0. The van der Waals surface area contributed by atoms with Gasteiger partial charge in [0.2, 0.25) is 0 Å². The summed E-state index contributed by atoms with van der Waals surface area (Å²) >= 11 is 3.50. The second-order valence-electron chi connectivity index (χ2n) is 4.57. The highest BCUT2D eigenvalue weighted by Crippen LogP contribution is 2.27. The van der Waals surface area contributed by atoms with Crippen molar-refractivity contribution in [2.45, 2.75) is 19.9 Å². The minimum Gasteiger partial charge on any atom is -0.306 e. The molecule has 2 rings (SSSR count). The molecule has 0 fully saturated rings. The lowest BCUT2D eigenvalue weighted by molar-refractivity contribution is 0.559. The molecule has 0 heterocycles. The molecule has 0 aliphatic carbocycles. The highest BCUT2D eigenvalue weighted by Gasteiger charge is 2.17. The number of nitrogens with one attached hydrogen (secondary N) is 1. The van der Waals surface area contributed by atoms with Crippen LogP contribution >= 0.6 is 15.9 Å². The Labute approximate surface area is 122 Å². The van der Waals surface area contributed by atoms with Crippen molar-refractivity contribution in [1.82, 2.24) is 5.32 Å². The van der Waals surface area contributed by atoms with E-state index in [4.69, 9.17) is 0 Å². The van der Waals surface area contributed by atoms with Crippen LogP contribution in [0.5, 0.6) is 0 Å². The minimum atomic E-state index is -0.175. The van der Waals surface area contributed by atoms with Crippen molar-refractivity contribution in [3.05, 3.63) is 69.4 Å². The molecule has 19 heavy (non-hydrogen) atoms. The molecule has 1 atom stereocenters. The van der Waals surface area contributed by atoms with E-state index in [0.29, 0.717) is 5.56 Å². The number of hydrogen-bond donors (Lipinski definition) is 1. The third-order valence-electron chi connectivity index (χ3n) is 3.02. The summed E-state index contributed by atoms with van der Waals surface area (Å²) in [6.45, 7) is 4.85. The quantitative estimate of drug-likeness (QED) is 0.868. The second kappa shape index (κ2) is 6.31. The van der Waals surface area contributed by atoms with Crippen LogP contribution in [0.1, 0.15) is 29.7 Å². The Kier molecular flexibility index (Phi) is 4.72. The van der Waals surface area contributed by atoms with E-state index in [-0.39, 0.29) is 11.9 Å². The van der Waals surface area contributed by atoms with Gasteiger partial charge in [-0.25, -0.2) is 4.39 Å². The van der Waals surface area contributed by atoms with E-state index >= 15 is 0 Å². The molecule has 0 aliphatic heterocycles. The number of rotatable bonds is 4. The van der Waals surface area contributed by atoms with Crippen LogP contribution in [-0.4, -0.2) is 6.54 Å². The Morgan fingerprint density at radius 2 is 1.95 bits per heavy atom. The Balaban J connectivity index is 2.48. The van der Waals surface area contributed by atoms with Crippen molar-refractivity contribution in [1.29, 1.82) is 0 Å². The molecule has 3 heteroatoms. The maximum Gasteiger partial charge on any atom is 0.128 e. The molecule has 0 bridgehead atoms. The summed E-state index contributed by atoms with van der Waals surface area (Å²) in [5.74, 6) is -0.175. The molecule has 1 N–H and O–H groups in total. The molecule has 1 unspecified atom stereocenters. The van der Waals surface area contributed by atoms with E-state index in [1.807, 2.05) is 38.1 Å². The Morgan fingerprint density at radius 1 is 1.21 bits per heavy atom. The van der Waals surface area contributed by atoms with Crippen molar-refractivity contribution in [2.75, 3.05) is 6.54 Å². The molecule has 0 amide bonds. The maximum atomic E-state index is 14.0. The Morgan fingerprint density at radius 3 is 2.58 bits per heavy atom. The van der Waals surface area contributed by atoms with Gasteiger partial charge in [-0.2, -0.15) is 0 Å². The molecule has 100 valence electrons. The van der Waals surface area contributed by atoms with Crippen molar-refractivity contribution in [3.63, 3.8) is 0 Å². The first-order valence-electron chi connectivity index (χ1n) is 6.36. The predicted molar refractivity (Wildman–Crippen MR) is 80.8 cm³/mol.